The third-order valence-electron chi connectivity index (χ3n) is 6.82. The summed E-state index contributed by atoms with van der Waals surface area (Å²) in [6, 6.07) is 0. The van der Waals surface area contributed by atoms with E-state index in [9.17, 15) is 15.3 Å². The molecule has 0 aromatic heterocycles. The molecule has 10 atom stereocenters. The lowest BCUT2D eigenvalue weighted by Gasteiger charge is -2.36. The van der Waals surface area contributed by atoms with E-state index in [1.165, 1.54) is 0 Å². The van der Waals surface area contributed by atoms with Crippen molar-refractivity contribution in [2.24, 2.45) is 11.8 Å². The lowest BCUT2D eigenvalue weighted by molar-refractivity contribution is -0.249. The van der Waals surface area contributed by atoms with Gasteiger partial charge in [-0.3, -0.25) is 0 Å². The summed E-state index contributed by atoms with van der Waals surface area (Å²) in [5.41, 5.74) is 0. The summed E-state index contributed by atoms with van der Waals surface area (Å²) >= 11 is 0. The second kappa shape index (κ2) is 11.0. The van der Waals surface area contributed by atoms with Crippen LogP contribution in [0.25, 0.3) is 0 Å². The van der Waals surface area contributed by atoms with Crippen LogP contribution in [0.1, 0.15) is 65.2 Å². The Morgan fingerprint density at radius 3 is 1.72 bits per heavy atom. The van der Waals surface area contributed by atoms with Crippen LogP contribution in [-0.2, 0) is 23.7 Å². The molecule has 0 amide bonds. The van der Waals surface area contributed by atoms with E-state index in [1.54, 1.807) is 0 Å². The van der Waals surface area contributed by atoms with Crippen molar-refractivity contribution >= 4 is 0 Å². The molecule has 8 nitrogen and oxygen atoms in total. The monoisotopic (exact) mass is 458 g/mol. The van der Waals surface area contributed by atoms with Crippen LogP contribution in [0.2, 0.25) is 0 Å². The van der Waals surface area contributed by atoms with Crippen LogP contribution in [0.15, 0.2) is 0 Å². The molecule has 0 spiro atoms. The lowest BCUT2D eigenvalue weighted by atomic mass is 9.90. The van der Waals surface area contributed by atoms with Crippen LogP contribution < -0.4 is 0 Å². The lowest BCUT2D eigenvalue weighted by Crippen LogP contribution is -2.41. The summed E-state index contributed by atoms with van der Waals surface area (Å²) < 4.78 is 27.7. The number of rotatable bonds is 18. The Bertz CT molecular complexity index is 574. The molecule has 186 valence electrons. The van der Waals surface area contributed by atoms with Gasteiger partial charge in [-0.05, 0) is 31.1 Å². The smallest absolute Gasteiger partial charge is 0.168 e. The Morgan fingerprint density at radius 2 is 1.22 bits per heavy atom. The fourth-order valence-electron chi connectivity index (χ4n) is 5.03. The number of hydrogen-bond acceptors (Lipinski definition) is 8. The number of aliphatic hydroxyl groups is 3. The molecule has 8 heteroatoms. The predicted molar refractivity (Wildman–Crippen MR) is 116 cm³/mol. The highest BCUT2D eigenvalue weighted by Crippen LogP contribution is 2.36. The summed E-state index contributed by atoms with van der Waals surface area (Å²) in [7, 11) is 0. The molecule has 0 aromatic rings. The second-order valence-electron chi connectivity index (χ2n) is 10.8. The molecule has 32 heavy (non-hydrogen) atoms. The van der Waals surface area contributed by atoms with Gasteiger partial charge in [0.25, 0.3) is 0 Å². The number of hydrogen-bond donors (Lipinski definition) is 3. The van der Waals surface area contributed by atoms with Crippen LogP contribution >= 0.6 is 0 Å². The van der Waals surface area contributed by atoms with E-state index in [0.29, 0.717) is 45.1 Å². The zero-order valence-electron chi connectivity index (χ0n) is 19.6. The van der Waals surface area contributed by atoms with Crippen LogP contribution in [-0.4, -0.2) is 90.3 Å². The summed E-state index contributed by atoms with van der Waals surface area (Å²) in [5, 5.41) is 32.2. The first-order valence-electron chi connectivity index (χ1n) is 12.5. The minimum Gasteiger partial charge on any atom is -0.393 e. The first-order valence-corrected chi connectivity index (χ1v) is 12.5. The van der Waals surface area contributed by atoms with Crippen molar-refractivity contribution in [2.45, 2.75) is 114 Å². The minimum atomic E-state index is -1.30. The van der Waals surface area contributed by atoms with Crippen molar-refractivity contribution in [1.82, 2.24) is 0 Å². The average molecular weight is 459 g/mol. The van der Waals surface area contributed by atoms with E-state index in [1.807, 2.05) is 0 Å². The van der Waals surface area contributed by atoms with Gasteiger partial charge < -0.3 is 39.0 Å². The van der Waals surface area contributed by atoms with E-state index in [0.717, 1.165) is 32.7 Å². The van der Waals surface area contributed by atoms with Gasteiger partial charge in [-0.2, -0.15) is 0 Å². The Hall–Kier alpha value is -0.320. The highest BCUT2D eigenvalue weighted by molar-refractivity contribution is 4.86. The van der Waals surface area contributed by atoms with Crippen molar-refractivity contribution in [1.29, 1.82) is 0 Å². The van der Waals surface area contributed by atoms with Crippen LogP contribution in [0, 0.1) is 11.8 Å². The number of aliphatic hydroxyl groups excluding tert-OH is 2. The fourth-order valence-corrected chi connectivity index (χ4v) is 5.03. The largest absolute Gasteiger partial charge is 0.393 e. The van der Waals surface area contributed by atoms with Crippen LogP contribution in [0.4, 0.5) is 0 Å². The Balaban J connectivity index is 1.30. The topological polar surface area (TPSA) is 120 Å². The van der Waals surface area contributed by atoms with Gasteiger partial charge in [-0.25, -0.2) is 0 Å². The molecule has 0 aliphatic carbocycles. The molecular formula is C24H42O8. The minimum absolute atomic E-state index is 0.0348. The molecule has 4 rings (SSSR count). The van der Waals surface area contributed by atoms with Gasteiger partial charge in [-0.1, -0.05) is 13.8 Å². The predicted octanol–water partition coefficient (Wildman–Crippen LogP) is 1.77. The molecule has 0 aromatic carbocycles. The maximum Gasteiger partial charge on any atom is 0.168 e. The van der Waals surface area contributed by atoms with E-state index in [4.69, 9.17) is 23.7 Å². The quantitative estimate of drug-likeness (QED) is 0.210. The zero-order valence-corrected chi connectivity index (χ0v) is 19.6. The molecule has 0 radical (unpaired) electrons. The summed E-state index contributed by atoms with van der Waals surface area (Å²) in [4.78, 5) is 0. The Labute approximate surface area is 191 Å². The van der Waals surface area contributed by atoms with E-state index in [2.05, 4.69) is 13.8 Å². The molecular weight excluding hydrogens is 416 g/mol. The zero-order chi connectivity index (χ0) is 22.7. The van der Waals surface area contributed by atoms with Crippen molar-refractivity contribution in [3.8, 4) is 0 Å². The molecule has 0 saturated carbocycles. The molecule has 4 aliphatic heterocycles. The molecule has 10 unspecified atom stereocenters. The molecule has 0 bridgehead atoms. The van der Waals surface area contributed by atoms with Gasteiger partial charge in [-0.15, -0.1) is 0 Å². The van der Waals surface area contributed by atoms with Gasteiger partial charge in [0.1, 0.15) is 0 Å². The van der Waals surface area contributed by atoms with Crippen molar-refractivity contribution in [3.05, 3.63) is 0 Å². The number of epoxide rings is 4. The molecule has 4 heterocycles. The van der Waals surface area contributed by atoms with Gasteiger partial charge in [0.15, 0.2) is 5.79 Å². The Kier molecular flexibility index (Phi) is 8.48. The average Bonchev–Trinajstić information content (AvgIpc) is 3.43. The first-order chi connectivity index (χ1) is 15.3. The number of ether oxygens (including phenoxy) is 5. The third kappa shape index (κ3) is 9.50. The molecule has 4 fully saturated rings. The van der Waals surface area contributed by atoms with Crippen molar-refractivity contribution in [2.75, 3.05) is 26.4 Å². The van der Waals surface area contributed by atoms with Crippen molar-refractivity contribution < 1.29 is 39.0 Å². The molecule has 4 saturated heterocycles. The Morgan fingerprint density at radius 1 is 0.750 bits per heavy atom. The van der Waals surface area contributed by atoms with Gasteiger partial charge >= 0.3 is 0 Å². The normalized spacial score (nSPS) is 34.8. The summed E-state index contributed by atoms with van der Waals surface area (Å²) in [6.45, 7) is 7.08. The van der Waals surface area contributed by atoms with Gasteiger partial charge in [0.2, 0.25) is 0 Å². The molecule has 3 N–H and O–H groups in total. The first kappa shape index (κ1) is 24.8. The molecule has 4 aliphatic rings. The van der Waals surface area contributed by atoms with Crippen LogP contribution in [0.5, 0.6) is 0 Å². The maximum atomic E-state index is 11.5. The fraction of sp³-hybridized carbons (Fsp3) is 1.00. The second-order valence-corrected chi connectivity index (χ2v) is 10.8. The standard InChI is InChI=1S/C24H42O8/c1-15(3-17(25)6-20-11-28-20)5-19(8-22-13-30-22)32-24(27,10-23-14-31-23)9-16(2)4-18(26)7-21-12-29-21/h15-23,25-27H,3-14H2,1-2H3. The highest BCUT2D eigenvalue weighted by Gasteiger charge is 2.42. The van der Waals surface area contributed by atoms with Gasteiger partial charge in [0.05, 0.1) is 69.2 Å². The van der Waals surface area contributed by atoms with Gasteiger partial charge in [0, 0.05) is 32.1 Å². The summed E-state index contributed by atoms with van der Waals surface area (Å²) in [5.74, 6) is -0.939. The van der Waals surface area contributed by atoms with Crippen LogP contribution in [0.3, 0.4) is 0 Å². The van der Waals surface area contributed by atoms with Crippen molar-refractivity contribution in [3.63, 3.8) is 0 Å². The maximum absolute atomic E-state index is 11.5. The highest BCUT2D eigenvalue weighted by atomic mass is 16.6. The summed E-state index contributed by atoms with van der Waals surface area (Å²) in [6.07, 6.45) is 4.74. The van der Waals surface area contributed by atoms with E-state index >= 15 is 0 Å². The third-order valence-corrected chi connectivity index (χ3v) is 6.82. The van der Waals surface area contributed by atoms with E-state index in [-0.39, 0.29) is 48.5 Å². The SMILES string of the molecule is CC(CC(O)CC1CO1)CC(CC1CO1)OC(O)(CC(C)CC(O)CC1CO1)CC1CO1. The van der Waals surface area contributed by atoms with E-state index < -0.39 is 11.9 Å².